The zero-order valence-electron chi connectivity index (χ0n) is 33.6. The van der Waals surface area contributed by atoms with Crippen LogP contribution in [0, 0.1) is 22.7 Å². The molecule has 2 saturated heterocycles. The van der Waals surface area contributed by atoms with Gasteiger partial charge >= 0.3 is 0 Å². The highest BCUT2D eigenvalue weighted by molar-refractivity contribution is 7.81. The molecule has 2 heterocycles. The standard InChI is InChI=1S/C44H47ClN8O5S/c1-26-23-50(24-27(2)51(26)25-41(56)49-32-16-28(21-46)15-31(17-32)48-38-11-10-35(54)20-39(38)55)13-14-58-40-12-9-34(18-36(40)29-5-6-29)53-43(59)52(42(57)44(53,3)4)33-8-7-30(22-47)37(45)19-33/h7-9,12,15-19,26-27,29,38,48H,5-6,10-11,13-14,20,23-25H2,1-4H3,(H,49,56)/t26-,27+,38?. The van der Waals surface area contributed by atoms with E-state index in [0.717, 1.165) is 42.9 Å². The molecule has 4 fully saturated rings. The summed E-state index contributed by atoms with van der Waals surface area (Å²) >= 11 is 12.2. The molecule has 3 aromatic carbocycles. The van der Waals surface area contributed by atoms with E-state index >= 15 is 0 Å². The first-order chi connectivity index (χ1) is 28.2. The van der Waals surface area contributed by atoms with Gasteiger partial charge in [-0.15, -0.1) is 0 Å². The van der Waals surface area contributed by atoms with E-state index in [4.69, 9.17) is 28.6 Å². The summed E-state index contributed by atoms with van der Waals surface area (Å²) in [5, 5.41) is 25.6. The Morgan fingerprint density at radius 2 is 1.66 bits per heavy atom. The average molecular weight is 835 g/mol. The highest BCUT2D eigenvalue weighted by Crippen LogP contribution is 2.47. The van der Waals surface area contributed by atoms with Crippen LogP contribution in [0.2, 0.25) is 5.02 Å². The Hall–Kier alpha value is -5.38. The van der Waals surface area contributed by atoms with E-state index in [-0.39, 0.29) is 53.5 Å². The molecule has 59 heavy (non-hydrogen) atoms. The van der Waals surface area contributed by atoms with Crippen LogP contribution in [0.25, 0.3) is 0 Å². The van der Waals surface area contributed by atoms with Crippen molar-refractivity contribution in [2.45, 2.75) is 89.4 Å². The molecule has 15 heteroatoms. The van der Waals surface area contributed by atoms with Crippen molar-refractivity contribution in [3.63, 3.8) is 0 Å². The zero-order chi connectivity index (χ0) is 42.2. The molecule has 0 spiro atoms. The van der Waals surface area contributed by atoms with Crippen LogP contribution in [0.1, 0.15) is 82.4 Å². The minimum atomic E-state index is -0.971. The number of carbonyl (C=O) groups is 4. The third-order valence-electron chi connectivity index (χ3n) is 11.6. The highest BCUT2D eigenvalue weighted by atomic mass is 35.5. The second kappa shape index (κ2) is 17.1. The predicted molar refractivity (Wildman–Crippen MR) is 230 cm³/mol. The summed E-state index contributed by atoms with van der Waals surface area (Å²) in [5.41, 5.74) is 3.10. The third kappa shape index (κ3) is 8.97. The van der Waals surface area contributed by atoms with Gasteiger partial charge in [0.05, 0.1) is 46.9 Å². The number of piperazine rings is 1. The minimum Gasteiger partial charge on any atom is -0.492 e. The van der Waals surface area contributed by atoms with Crippen LogP contribution < -0.4 is 25.2 Å². The third-order valence-corrected chi connectivity index (χ3v) is 12.3. The second-order valence-electron chi connectivity index (χ2n) is 16.4. The van der Waals surface area contributed by atoms with Gasteiger partial charge < -0.3 is 20.3 Å². The number of halogens is 1. The number of hydrogen-bond donors (Lipinski definition) is 2. The van der Waals surface area contributed by atoms with Crippen LogP contribution in [-0.2, 0) is 19.2 Å². The Labute approximate surface area is 354 Å². The number of amides is 2. The predicted octanol–water partition coefficient (Wildman–Crippen LogP) is 6.39. The van der Waals surface area contributed by atoms with Gasteiger partial charge in [-0.1, -0.05) is 11.6 Å². The number of nitrogens with one attached hydrogen (secondary N) is 2. The Bertz CT molecular complexity index is 2290. The van der Waals surface area contributed by atoms with Gasteiger partial charge in [0.2, 0.25) is 5.91 Å². The van der Waals surface area contributed by atoms with E-state index in [0.29, 0.717) is 65.2 Å². The first-order valence-corrected chi connectivity index (χ1v) is 20.7. The molecule has 1 unspecified atom stereocenters. The van der Waals surface area contributed by atoms with Crippen molar-refractivity contribution in [1.29, 1.82) is 10.5 Å². The van der Waals surface area contributed by atoms with Gasteiger partial charge in [0.15, 0.2) is 10.9 Å². The first-order valence-electron chi connectivity index (χ1n) is 20.0. The maximum atomic E-state index is 13.8. The molecule has 2 aliphatic carbocycles. The van der Waals surface area contributed by atoms with Crippen LogP contribution in [0.3, 0.4) is 0 Å². The normalized spacial score (nSPS) is 22.3. The molecule has 0 bridgehead atoms. The van der Waals surface area contributed by atoms with Crippen molar-refractivity contribution in [2.24, 2.45) is 0 Å². The lowest BCUT2D eigenvalue weighted by atomic mass is 9.93. The van der Waals surface area contributed by atoms with Gasteiger partial charge in [-0.3, -0.25) is 33.9 Å². The number of ketones is 2. The molecular weight excluding hydrogens is 788 g/mol. The van der Waals surface area contributed by atoms with E-state index in [2.05, 4.69) is 52.5 Å². The zero-order valence-corrected chi connectivity index (χ0v) is 35.2. The molecule has 7 rings (SSSR count). The maximum Gasteiger partial charge on any atom is 0.259 e. The van der Waals surface area contributed by atoms with Crippen molar-refractivity contribution in [3.8, 4) is 17.9 Å². The quantitative estimate of drug-likeness (QED) is 0.153. The molecule has 2 saturated carbocycles. The van der Waals surface area contributed by atoms with Crippen LogP contribution in [0.4, 0.5) is 22.7 Å². The Morgan fingerprint density at radius 1 is 0.949 bits per heavy atom. The fourth-order valence-electron chi connectivity index (χ4n) is 8.39. The number of benzene rings is 3. The van der Waals surface area contributed by atoms with Crippen molar-refractivity contribution in [2.75, 3.05) is 53.2 Å². The molecule has 0 aromatic heterocycles. The molecule has 0 radical (unpaired) electrons. The number of nitrogens with zero attached hydrogens (tertiary/aromatic N) is 6. The Kier molecular flexibility index (Phi) is 12.1. The fourth-order valence-corrected chi connectivity index (χ4v) is 9.13. The summed E-state index contributed by atoms with van der Waals surface area (Å²) in [6, 6.07) is 19.7. The number of Topliss-reactive ketones (excluding diaryl/α,β-unsaturated/α-hetero) is 2. The smallest absolute Gasteiger partial charge is 0.259 e. The van der Waals surface area contributed by atoms with Crippen LogP contribution >= 0.6 is 23.8 Å². The molecule has 13 nitrogen and oxygen atoms in total. The van der Waals surface area contributed by atoms with Crippen LogP contribution in [0.15, 0.2) is 54.6 Å². The Morgan fingerprint density at radius 3 is 2.32 bits per heavy atom. The fraction of sp³-hybridized carbons (Fsp3) is 0.432. The van der Waals surface area contributed by atoms with Gasteiger partial charge in [-0.2, -0.15) is 10.5 Å². The number of nitriles is 2. The molecule has 2 amide bonds. The SMILES string of the molecule is C[C@@H]1CN(CCOc2ccc(N3C(=S)N(c4ccc(C#N)c(Cl)c4)C(=O)C3(C)C)cc2C2CC2)C[C@H](C)N1CC(=O)Nc1cc(C#N)cc(NC2CCC(=O)CC2=O)c1. The summed E-state index contributed by atoms with van der Waals surface area (Å²) in [7, 11) is 0. The van der Waals surface area contributed by atoms with Gasteiger partial charge in [0.1, 0.15) is 29.7 Å². The van der Waals surface area contributed by atoms with Crippen LogP contribution in [-0.4, -0.2) is 94.7 Å². The lowest BCUT2D eigenvalue weighted by Crippen LogP contribution is -2.58. The van der Waals surface area contributed by atoms with Crippen molar-refractivity contribution >= 4 is 75.1 Å². The molecule has 2 N–H and O–H groups in total. The van der Waals surface area contributed by atoms with Gasteiger partial charge in [0, 0.05) is 55.2 Å². The molecule has 2 aliphatic heterocycles. The maximum absolute atomic E-state index is 13.8. The highest BCUT2D eigenvalue weighted by Gasteiger charge is 2.50. The molecule has 3 aromatic rings. The van der Waals surface area contributed by atoms with Crippen molar-refractivity contribution in [3.05, 3.63) is 76.3 Å². The lowest BCUT2D eigenvalue weighted by molar-refractivity contribution is -0.130. The van der Waals surface area contributed by atoms with E-state index < -0.39 is 11.6 Å². The number of thiocarbonyl (C=S) groups is 1. The van der Waals surface area contributed by atoms with E-state index in [1.54, 1.807) is 36.4 Å². The largest absolute Gasteiger partial charge is 0.492 e. The molecule has 3 atom stereocenters. The van der Waals surface area contributed by atoms with Gasteiger partial charge in [-0.25, -0.2) is 0 Å². The van der Waals surface area contributed by atoms with E-state index in [1.165, 1.54) is 4.90 Å². The average Bonchev–Trinajstić information content (AvgIpc) is 4.01. The number of rotatable bonds is 12. The summed E-state index contributed by atoms with van der Waals surface area (Å²) in [6.45, 7) is 10.8. The van der Waals surface area contributed by atoms with E-state index in [9.17, 15) is 29.7 Å². The molecular formula is C44H47ClN8O5S. The summed E-state index contributed by atoms with van der Waals surface area (Å²) in [5.74, 6) is 0.548. The Balaban J connectivity index is 0.944. The number of carbonyl (C=O) groups excluding carboxylic acids is 4. The monoisotopic (exact) mass is 834 g/mol. The van der Waals surface area contributed by atoms with Gasteiger partial charge in [-0.05, 0) is 125 Å². The number of anilines is 4. The van der Waals surface area contributed by atoms with Gasteiger partial charge in [0.25, 0.3) is 5.91 Å². The summed E-state index contributed by atoms with van der Waals surface area (Å²) < 4.78 is 6.45. The first kappa shape index (κ1) is 41.8. The van der Waals surface area contributed by atoms with Crippen LogP contribution in [0.5, 0.6) is 5.75 Å². The van der Waals surface area contributed by atoms with Crippen molar-refractivity contribution in [1.82, 2.24) is 9.80 Å². The lowest BCUT2D eigenvalue weighted by Gasteiger charge is -2.44. The van der Waals surface area contributed by atoms with E-state index in [1.807, 2.05) is 30.9 Å². The molecule has 4 aliphatic rings. The summed E-state index contributed by atoms with van der Waals surface area (Å²) in [6.07, 6.45) is 2.74. The number of hydrogen-bond acceptors (Lipinski definition) is 11. The molecule has 306 valence electrons. The second-order valence-corrected chi connectivity index (χ2v) is 17.2. The topological polar surface area (TPSA) is 162 Å². The minimum absolute atomic E-state index is 0.0641. The summed E-state index contributed by atoms with van der Waals surface area (Å²) in [4.78, 5) is 59.1. The number of ether oxygens (including phenoxy) is 1. The van der Waals surface area contributed by atoms with Crippen molar-refractivity contribution < 1.29 is 23.9 Å².